The standard InChI is InChI=1S/C21H25NO3/c1-5-25-21(24)18-10-7-15(3)19(13-18)22-20(23)11-9-17-8-6-14(2)16(4)12-17/h6-8,10,12-13H,5,9,11H2,1-4H3,(H,22,23). The van der Waals surface area contributed by atoms with Gasteiger partial charge in [-0.15, -0.1) is 0 Å². The summed E-state index contributed by atoms with van der Waals surface area (Å²) in [4.78, 5) is 24.1. The lowest BCUT2D eigenvalue weighted by atomic mass is 10.0. The summed E-state index contributed by atoms with van der Waals surface area (Å²) in [6.45, 7) is 8.13. The van der Waals surface area contributed by atoms with Crippen LogP contribution in [0.3, 0.4) is 0 Å². The zero-order valence-electron chi connectivity index (χ0n) is 15.3. The molecule has 2 aromatic carbocycles. The molecule has 4 nitrogen and oxygen atoms in total. The van der Waals surface area contributed by atoms with Crippen molar-refractivity contribution in [2.24, 2.45) is 0 Å². The first-order valence-electron chi connectivity index (χ1n) is 8.54. The van der Waals surface area contributed by atoms with Gasteiger partial charge in [0.1, 0.15) is 0 Å². The third-order valence-electron chi connectivity index (χ3n) is 4.23. The number of carbonyl (C=O) groups is 2. The van der Waals surface area contributed by atoms with E-state index in [1.54, 1.807) is 19.1 Å². The minimum atomic E-state index is -0.381. The van der Waals surface area contributed by atoms with E-state index in [0.29, 0.717) is 30.7 Å². The molecule has 1 N–H and O–H groups in total. The lowest BCUT2D eigenvalue weighted by Gasteiger charge is -2.11. The molecule has 1 amide bonds. The molecule has 25 heavy (non-hydrogen) atoms. The molecule has 2 aromatic rings. The zero-order chi connectivity index (χ0) is 18.4. The average Bonchev–Trinajstić information content (AvgIpc) is 2.58. The van der Waals surface area contributed by atoms with E-state index >= 15 is 0 Å². The Kier molecular flexibility index (Phi) is 6.34. The Hall–Kier alpha value is -2.62. The molecule has 0 unspecified atom stereocenters. The van der Waals surface area contributed by atoms with E-state index in [2.05, 4.69) is 37.4 Å². The first-order valence-corrected chi connectivity index (χ1v) is 8.54. The van der Waals surface area contributed by atoms with Crippen LogP contribution in [-0.4, -0.2) is 18.5 Å². The molecule has 0 saturated heterocycles. The summed E-state index contributed by atoms with van der Waals surface area (Å²) in [5.41, 5.74) is 5.63. The number of anilines is 1. The largest absolute Gasteiger partial charge is 0.462 e. The molecular formula is C21H25NO3. The fourth-order valence-electron chi connectivity index (χ4n) is 2.53. The highest BCUT2D eigenvalue weighted by Crippen LogP contribution is 2.18. The molecule has 0 aliphatic carbocycles. The van der Waals surface area contributed by atoms with Crippen molar-refractivity contribution >= 4 is 17.6 Å². The Morgan fingerprint density at radius 1 is 0.960 bits per heavy atom. The summed E-state index contributed by atoms with van der Waals surface area (Å²) in [5.74, 6) is -0.449. The first-order chi connectivity index (χ1) is 11.9. The number of carbonyl (C=O) groups excluding carboxylic acids is 2. The molecule has 0 atom stereocenters. The summed E-state index contributed by atoms with van der Waals surface area (Å²) in [6.07, 6.45) is 1.08. The normalized spacial score (nSPS) is 10.4. The van der Waals surface area contributed by atoms with Gasteiger partial charge in [-0.1, -0.05) is 24.3 Å². The lowest BCUT2D eigenvalue weighted by molar-refractivity contribution is -0.116. The van der Waals surface area contributed by atoms with Gasteiger partial charge >= 0.3 is 5.97 Å². The van der Waals surface area contributed by atoms with Gasteiger partial charge < -0.3 is 10.1 Å². The SMILES string of the molecule is CCOC(=O)c1ccc(C)c(NC(=O)CCc2ccc(C)c(C)c2)c1. The van der Waals surface area contributed by atoms with Gasteiger partial charge in [0.2, 0.25) is 5.91 Å². The Morgan fingerprint density at radius 3 is 2.36 bits per heavy atom. The minimum Gasteiger partial charge on any atom is -0.462 e. The van der Waals surface area contributed by atoms with Crippen molar-refractivity contribution in [3.8, 4) is 0 Å². The van der Waals surface area contributed by atoms with Gasteiger partial charge in [-0.3, -0.25) is 4.79 Å². The number of ether oxygens (including phenoxy) is 1. The van der Waals surface area contributed by atoms with Crippen molar-refractivity contribution in [1.82, 2.24) is 0 Å². The molecule has 0 fully saturated rings. The van der Waals surface area contributed by atoms with Crippen LogP contribution in [0, 0.1) is 20.8 Å². The van der Waals surface area contributed by atoms with Crippen LogP contribution >= 0.6 is 0 Å². The average molecular weight is 339 g/mol. The van der Waals surface area contributed by atoms with E-state index in [0.717, 1.165) is 11.1 Å². The molecule has 0 spiro atoms. The number of amides is 1. The van der Waals surface area contributed by atoms with Gasteiger partial charge in [0.15, 0.2) is 0 Å². The number of rotatable bonds is 6. The van der Waals surface area contributed by atoms with E-state index in [1.165, 1.54) is 11.1 Å². The first kappa shape index (κ1) is 18.7. The third-order valence-corrected chi connectivity index (χ3v) is 4.23. The second kappa shape index (κ2) is 8.47. The maximum absolute atomic E-state index is 12.3. The van der Waals surface area contributed by atoms with Gasteiger partial charge in [0.05, 0.1) is 12.2 Å². The fourth-order valence-corrected chi connectivity index (χ4v) is 2.53. The molecule has 0 aliphatic heterocycles. The van der Waals surface area contributed by atoms with E-state index < -0.39 is 0 Å². The van der Waals surface area contributed by atoms with Crippen LogP contribution < -0.4 is 5.32 Å². The van der Waals surface area contributed by atoms with Crippen molar-refractivity contribution in [2.75, 3.05) is 11.9 Å². The molecule has 0 aliphatic rings. The van der Waals surface area contributed by atoms with Gasteiger partial charge in [0, 0.05) is 12.1 Å². The summed E-state index contributed by atoms with van der Waals surface area (Å²) >= 11 is 0. The molecule has 0 aromatic heterocycles. The van der Waals surface area contributed by atoms with Crippen LogP contribution in [0.5, 0.6) is 0 Å². The van der Waals surface area contributed by atoms with Crippen LogP contribution in [0.15, 0.2) is 36.4 Å². The molecule has 4 heteroatoms. The maximum atomic E-state index is 12.3. The van der Waals surface area contributed by atoms with Crippen LogP contribution in [0.1, 0.15) is 46.0 Å². The van der Waals surface area contributed by atoms with Crippen LogP contribution in [0.4, 0.5) is 5.69 Å². The maximum Gasteiger partial charge on any atom is 0.338 e. The van der Waals surface area contributed by atoms with Gasteiger partial charge in [0.25, 0.3) is 0 Å². The molecule has 0 radical (unpaired) electrons. The number of esters is 1. The molecule has 0 bridgehead atoms. The Morgan fingerprint density at radius 2 is 1.68 bits per heavy atom. The molecule has 0 saturated carbocycles. The van der Waals surface area contributed by atoms with E-state index in [9.17, 15) is 9.59 Å². The number of nitrogens with one attached hydrogen (secondary N) is 1. The topological polar surface area (TPSA) is 55.4 Å². The van der Waals surface area contributed by atoms with Crippen LogP contribution in [0.25, 0.3) is 0 Å². The molecule has 2 rings (SSSR count). The second-order valence-electron chi connectivity index (χ2n) is 6.22. The summed E-state index contributed by atoms with van der Waals surface area (Å²) in [6, 6.07) is 11.4. The summed E-state index contributed by atoms with van der Waals surface area (Å²) in [7, 11) is 0. The number of hydrogen-bond donors (Lipinski definition) is 1. The van der Waals surface area contributed by atoms with Crippen molar-refractivity contribution in [1.29, 1.82) is 0 Å². The Balaban J connectivity index is 2.00. The molecule has 0 heterocycles. The third kappa shape index (κ3) is 5.18. The molecule has 132 valence electrons. The predicted molar refractivity (Wildman–Crippen MR) is 100 cm³/mol. The highest BCUT2D eigenvalue weighted by molar-refractivity contribution is 5.95. The van der Waals surface area contributed by atoms with Crippen LogP contribution in [-0.2, 0) is 16.0 Å². The highest BCUT2D eigenvalue weighted by atomic mass is 16.5. The Labute approximate surface area is 149 Å². The van der Waals surface area contributed by atoms with Gasteiger partial charge in [-0.25, -0.2) is 4.79 Å². The predicted octanol–water partition coefficient (Wildman–Crippen LogP) is 4.36. The number of aryl methyl sites for hydroxylation is 4. The van der Waals surface area contributed by atoms with Crippen LogP contribution in [0.2, 0.25) is 0 Å². The smallest absolute Gasteiger partial charge is 0.338 e. The zero-order valence-corrected chi connectivity index (χ0v) is 15.3. The monoisotopic (exact) mass is 339 g/mol. The van der Waals surface area contributed by atoms with E-state index in [1.807, 2.05) is 13.0 Å². The van der Waals surface area contributed by atoms with Crippen molar-refractivity contribution in [3.05, 3.63) is 64.2 Å². The van der Waals surface area contributed by atoms with Crippen molar-refractivity contribution in [3.63, 3.8) is 0 Å². The highest BCUT2D eigenvalue weighted by Gasteiger charge is 2.11. The number of benzene rings is 2. The Bertz CT molecular complexity index is 781. The van der Waals surface area contributed by atoms with Crippen molar-refractivity contribution in [2.45, 2.75) is 40.5 Å². The van der Waals surface area contributed by atoms with E-state index in [4.69, 9.17) is 4.74 Å². The summed E-state index contributed by atoms with van der Waals surface area (Å²) in [5, 5.41) is 2.90. The number of hydrogen-bond acceptors (Lipinski definition) is 3. The quantitative estimate of drug-likeness (QED) is 0.796. The minimum absolute atomic E-state index is 0.0673. The second-order valence-corrected chi connectivity index (χ2v) is 6.22. The molecular weight excluding hydrogens is 314 g/mol. The van der Waals surface area contributed by atoms with Gasteiger partial charge in [-0.05, 0) is 68.5 Å². The van der Waals surface area contributed by atoms with Gasteiger partial charge in [-0.2, -0.15) is 0 Å². The summed E-state index contributed by atoms with van der Waals surface area (Å²) < 4.78 is 5.00. The lowest BCUT2D eigenvalue weighted by Crippen LogP contribution is -2.14. The van der Waals surface area contributed by atoms with E-state index in [-0.39, 0.29) is 11.9 Å². The fraction of sp³-hybridized carbons (Fsp3) is 0.333. The van der Waals surface area contributed by atoms with Crippen molar-refractivity contribution < 1.29 is 14.3 Å².